The Morgan fingerprint density at radius 2 is 1.90 bits per heavy atom. The van der Waals surface area contributed by atoms with E-state index in [1.165, 1.54) is 4.88 Å². The molecular weight excluding hydrogens is 323 g/mol. The Morgan fingerprint density at radius 3 is 2.48 bits per heavy atom. The van der Waals surface area contributed by atoms with Crippen molar-refractivity contribution >= 4 is 34.5 Å². The molecule has 114 valence electrons. The first-order valence-electron chi connectivity index (χ1n) is 6.97. The molecule has 1 heterocycles. The molecule has 0 saturated heterocycles. The predicted octanol–water partition coefficient (Wildman–Crippen LogP) is 4.97. The van der Waals surface area contributed by atoms with Crippen LogP contribution in [0, 0.1) is 0 Å². The molecule has 2 unspecified atom stereocenters. The van der Waals surface area contributed by atoms with E-state index < -0.39 is 0 Å². The van der Waals surface area contributed by atoms with Crippen molar-refractivity contribution in [1.29, 1.82) is 0 Å². The summed E-state index contributed by atoms with van der Waals surface area (Å²) in [5.41, 5.74) is 7.44. The number of halogens is 2. The van der Waals surface area contributed by atoms with E-state index in [9.17, 15) is 0 Å². The van der Waals surface area contributed by atoms with Gasteiger partial charge in [0.2, 0.25) is 0 Å². The topological polar surface area (TPSA) is 29.3 Å². The van der Waals surface area contributed by atoms with E-state index in [4.69, 9.17) is 28.9 Å². The predicted molar refractivity (Wildman–Crippen MR) is 93.3 cm³/mol. The number of nitrogens with two attached hydrogens (primary N) is 1. The number of likely N-dealkylation sites (N-methyl/N-ethyl adjacent to an activating group) is 1. The first kappa shape index (κ1) is 16.8. The third-order valence-electron chi connectivity index (χ3n) is 3.61. The van der Waals surface area contributed by atoms with Crippen LogP contribution in [-0.2, 0) is 6.54 Å². The zero-order chi connectivity index (χ0) is 15.4. The maximum atomic E-state index is 6.37. The summed E-state index contributed by atoms with van der Waals surface area (Å²) < 4.78 is 0.812. The van der Waals surface area contributed by atoms with Gasteiger partial charge in [0.25, 0.3) is 0 Å². The van der Waals surface area contributed by atoms with Crippen molar-refractivity contribution in [3.8, 4) is 0 Å². The van der Waals surface area contributed by atoms with E-state index in [1.54, 1.807) is 11.3 Å². The minimum Gasteiger partial charge on any atom is -0.326 e. The lowest BCUT2D eigenvalue weighted by Gasteiger charge is -2.33. The third-order valence-corrected chi connectivity index (χ3v) is 5.17. The number of benzene rings is 1. The molecule has 0 bridgehead atoms. The highest BCUT2D eigenvalue weighted by Crippen LogP contribution is 2.32. The Labute approximate surface area is 140 Å². The molecule has 2 nitrogen and oxygen atoms in total. The van der Waals surface area contributed by atoms with E-state index in [0.717, 1.165) is 27.9 Å². The van der Waals surface area contributed by atoms with Gasteiger partial charge in [0.1, 0.15) is 0 Å². The van der Waals surface area contributed by atoms with Crippen LogP contribution in [0.5, 0.6) is 0 Å². The van der Waals surface area contributed by atoms with Crippen LogP contribution < -0.4 is 5.73 Å². The fourth-order valence-corrected chi connectivity index (χ4v) is 3.91. The lowest BCUT2D eigenvalue weighted by atomic mass is 9.96. The third kappa shape index (κ3) is 4.21. The monoisotopic (exact) mass is 342 g/mol. The fourth-order valence-electron chi connectivity index (χ4n) is 2.51. The van der Waals surface area contributed by atoms with Crippen LogP contribution in [0.15, 0.2) is 36.4 Å². The highest BCUT2D eigenvalue weighted by molar-refractivity contribution is 7.16. The van der Waals surface area contributed by atoms with Crippen LogP contribution in [0.25, 0.3) is 0 Å². The van der Waals surface area contributed by atoms with Gasteiger partial charge in [-0.05, 0) is 37.2 Å². The number of rotatable bonds is 6. The lowest BCUT2D eigenvalue weighted by molar-refractivity contribution is 0.203. The quantitative estimate of drug-likeness (QED) is 0.803. The van der Waals surface area contributed by atoms with Gasteiger partial charge in [-0.2, -0.15) is 0 Å². The molecule has 1 aromatic heterocycles. The van der Waals surface area contributed by atoms with Crippen molar-refractivity contribution in [3.05, 3.63) is 56.2 Å². The Morgan fingerprint density at radius 1 is 1.19 bits per heavy atom. The standard InChI is InChI=1S/C16H20Cl2N2S/c1-3-14(19)16(12-6-4-5-7-13(12)17)20(2)10-11-8-9-15(18)21-11/h4-9,14,16H,3,10,19H2,1-2H3. The van der Waals surface area contributed by atoms with Gasteiger partial charge in [0.15, 0.2) is 0 Å². The molecule has 0 fully saturated rings. The molecule has 0 spiro atoms. The summed E-state index contributed by atoms with van der Waals surface area (Å²) in [4.78, 5) is 3.47. The van der Waals surface area contributed by atoms with Gasteiger partial charge in [-0.15, -0.1) is 11.3 Å². The minimum atomic E-state index is 0.0327. The average Bonchev–Trinajstić information content (AvgIpc) is 2.86. The SMILES string of the molecule is CCC(N)C(c1ccccc1Cl)N(C)Cc1ccc(Cl)s1. The fraction of sp³-hybridized carbons (Fsp3) is 0.375. The number of hydrogen-bond acceptors (Lipinski definition) is 3. The van der Waals surface area contributed by atoms with Crippen molar-refractivity contribution in [3.63, 3.8) is 0 Å². The van der Waals surface area contributed by atoms with Crippen LogP contribution >= 0.6 is 34.5 Å². The molecule has 0 aliphatic rings. The first-order chi connectivity index (χ1) is 10.0. The van der Waals surface area contributed by atoms with Crippen LogP contribution in [0.4, 0.5) is 0 Å². The smallest absolute Gasteiger partial charge is 0.0931 e. The minimum absolute atomic E-state index is 0.0327. The van der Waals surface area contributed by atoms with Gasteiger partial charge < -0.3 is 5.73 Å². The maximum Gasteiger partial charge on any atom is 0.0931 e. The Balaban J connectivity index is 2.25. The molecule has 0 radical (unpaired) electrons. The molecule has 2 aromatic rings. The van der Waals surface area contributed by atoms with Crippen molar-refractivity contribution in [2.24, 2.45) is 5.73 Å². The molecule has 0 aliphatic carbocycles. The highest BCUT2D eigenvalue weighted by atomic mass is 35.5. The molecule has 0 saturated carbocycles. The van der Waals surface area contributed by atoms with Crippen molar-refractivity contribution in [1.82, 2.24) is 4.90 Å². The first-order valence-corrected chi connectivity index (χ1v) is 8.54. The van der Waals surface area contributed by atoms with Gasteiger partial charge in [-0.25, -0.2) is 0 Å². The summed E-state index contributed by atoms with van der Waals surface area (Å²) in [6.07, 6.45) is 0.894. The largest absolute Gasteiger partial charge is 0.326 e. The maximum absolute atomic E-state index is 6.37. The zero-order valence-corrected chi connectivity index (χ0v) is 14.6. The normalized spacial score (nSPS) is 14.4. The Hall–Kier alpha value is -0.580. The van der Waals surface area contributed by atoms with E-state index in [2.05, 4.69) is 31.0 Å². The average molecular weight is 343 g/mol. The van der Waals surface area contributed by atoms with Gasteiger partial charge >= 0.3 is 0 Å². The van der Waals surface area contributed by atoms with Crippen LogP contribution in [0.3, 0.4) is 0 Å². The Kier molecular flexibility index (Phi) is 6.08. The van der Waals surface area contributed by atoms with Gasteiger partial charge in [0.05, 0.1) is 10.4 Å². The Bertz CT molecular complexity index is 585. The number of thiophene rings is 1. The zero-order valence-electron chi connectivity index (χ0n) is 12.2. The van der Waals surface area contributed by atoms with Crippen molar-refractivity contribution in [2.75, 3.05) is 7.05 Å². The van der Waals surface area contributed by atoms with Gasteiger partial charge in [-0.1, -0.05) is 48.3 Å². The second-order valence-corrected chi connectivity index (χ2v) is 7.37. The number of hydrogen-bond donors (Lipinski definition) is 1. The summed E-state index contributed by atoms with van der Waals surface area (Å²) in [6.45, 7) is 2.91. The molecule has 0 amide bonds. The second-order valence-electron chi connectivity index (χ2n) is 5.16. The summed E-state index contributed by atoms with van der Waals surface area (Å²) in [5, 5.41) is 0.766. The van der Waals surface area contributed by atoms with Gasteiger partial charge in [-0.3, -0.25) is 4.90 Å². The van der Waals surface area contributed by atoms with E-state index >= 15 is 0 Å². The number of nitrogens with zero attached hydrogens (tertiary/aromatic N) is 1. The van der Waals surface area contributed by atoms with Crippen LogP contribution in [0.1, 0.15) is 29.8 Å². The summed E-state index contributed by atoms with van der Waals surface area (Å²) in [5.74, 6) is 0. The molecule has 2 atom stereocenters. The van der Waals surface area contributed by atoms with Gasteiger partial charge in [0, 0.05) is 22.5 Å². The highest BCUT2D eigenvalue weighted by Gasteiger charge is 2.25. The molecular formula is C16H20Cl2N2S. The molecule has 2 N–H and O–H groups in total. The molecule has 21 heavy (non-hydrogen) atoms. The molecule has 5 heteroatoms. The molecule has 2 rings (SSSR count). The molecule has 0 aliphatic heterocycles. The lowest BCUT2D eigenvalue weighted by Crippen LogP contribution is -2.38. The van der Waals surface area contributed by atoms with E-state index in [0.29, 0.717) is 0 Å². The summed E-state index contributed by atoms with van der Waals surface area (Å²) >= 11 is 14.0. The van der Waals surface area contributed by atoms with Crippen molar-refractivity contribution < 1.29 is 0 Å². The van der Waals surface area contributed by atoms with Crippen LogP contribution in [0.2, 0.25) is 9.36 Å². The molecule has 1 aromatic carbocycles. The summed E-state index contributed by atoms with van der Waals surface area (Å²) in [6, 6.07) is 12.0. The summed E-state index contributed by atoms with van der Waals surface area (Å²) in [7, 11) is 2.08. The van der Waals surface area contributed by atoms with E-state index in [1.807, 2.05) is 24.3 Å². The van der Waals surface area contributed by atoms with Crippen molar-refractivity contribution in [2.45, 2.75) is 32.0 Å². The van der Waals surface area contributed by atoms with Crippen LogP contribution in [-0.4, -0.2) is 18.0 Å². The van der Waals surface area contributed by atoms with E-state index in [-0.39, 0.29) is 12.1 Å². The second kappa shape index (κ2) is 7.61.